The number of amides is 1. The van der Waals surface area contributed by atoms with E-state index >= 15 is 0 Å². The Kier molecular flexibility index (Phi) is 6.13. The van der Waals surface area contributed by atoms with Gasteiger partial charge in [-0.05, 0) is 50.4 Å². The molecule has 0 radical (unpaired) electrons. The molecule has 128 valence electrons. The summed E-state index contributed by atoms with van der Waals surface area (Å²) in [7, 11) is 3.69. The number of benzene rings is 1. The van der Waals surface area contributed by atoms with Crippen LogP contribution in [0.4, 0.5) is 4.39 Å². The lowest BCUT2D eigenvalue weighted by Crippen LogP contribution is -2.40. The highest BCUT2D eigenvalue weighted by atomic mass is 19.1. The van der Waals surface area contributed by atoms with Crippen LogP contribution in [0.25, 0.3) is 0 Å². The molecule has 4 nitrogen and oxygen atoms in total. The van der Waals surface area contributed by atoms with Crippen LogP contribution in [-0.2, 0) is 4.79 Å². The maximum absolute atomic E-state index is 13.0. The molecule has 1 aromatic carbocycles. The van der Waals surface area contributed by atoms with Gasteiger partial charge >= 0.3 is 0 Å². The van der Waals surface area contributed by atoms with E-state index in [1.165, 1.54) is 12.1 Å². The number of nitrogens with zero attached hydrogens (tertiary/aromatic N) is 2. The minimum absolute atomic E-state index is 0.0248. The number of halogens is 1. The van der Waals surface area contributed by atoms with Crippen LogP contribution in [0.5, 0.6) is 0 Å². The molecule has 3 atom stereocenters. The van der Waals surface area contributed by atoms with Gasteiger partial charge in [0.25, 0.3) is 0 Å². The first-order chi connectivity index (χ1) is 10.9. The molecule has 3 unspecified atom stereocenters. The van der Waals surface area contributed by atoms with Gasteiger partial charge < -0.3 is 10.0 Å². The SMILES string of the molecule is CC(c1ccc(F)cc1)N(C)C(=O)CN(C)CC1CCCC1O. The Bertz CT molecular complexity index is 520. The Morgan fingerprint density at radius 1 is 1.30 bits per heavy atom. The minimum atomic E-state index is -0.273. The highest BCUT2D eigenvalue weighted by Gasteiger charge is 2.27. The monoisotopic (exact) mass is 322 g/mol. The van der Waals surface area contributed by atoms with Crippen molar-refractivity contribution in [1.82, 2.24) is 9.80 Å². The van der Waals surface area contributed by atoms with Gasteiger partial charge in [0.15, 0.2) is 0 Å². The molecule has 1 saturated carbocycles. The van der Waals surface area contributed by atoms with E-state index in [9.17, 15) is 14.3 Å². The van der Waals surface area contributed by atoms with Gasteiger partial charge in [-0.25, -0.2) is 4.39 Å². The van der Waals surface area contributed by atoms with Gasteiger partial charge in [-0.2, -0.15) is 0 Å². The van der Waals surface area contributed by atoms with Crippen LogP contribution in [0.15, 0.2) is 24.3 Å². The van der Waals surface area contributed by atoms with Crippen molar-refractivity contribution in [3.8, 4) is 0 Å². The third kappa shape index (κ3) is 4.75. The zero-order valence-corrected chi connectivity index (χ0v) is 14.2. The summed E-state index contributed by atoms with van der Waals surface area (Å²) >= 11 is 0. The zero-order chi connectivity index (χ0) is 17.0. The number of aliphatic hydroxyl groups excluding tert-OH is 1. The second-order valence-electron chi connectivity index (χ2n) is 6.69. The van der Waals surface area contributed by atoms with E-state index in [1.54, 1.807) is 24.1 Å². The first kappa shape index (κ1) is 17.9. The lowest BCUT2D eigenvalue weighted by molar-refractivity contribution is -0.133. The Morgan fingerprint density at radius 2 is 1.96 bits per heavy atom. The fraction of sp³-hybridized carbons (Fsp3) is 0.611. The van der Waals surface area contributed by atoms with Gasteiger partial charge in [0.05, 0.1) is 18.7 Å². The summed E-state index contributed by atoms with van der Waals surface area (Å²) in [4.78, 5) is 16.1. The van der Waals surface area contributed by atoms with Crippen LogP contribution in [0.2, 0.25) is 0 Å². The number of hydrogen-bond donors (Lipinski definition) is 1. The lowest BCUT2D eigenvalue weighted by Gasteiger charge is -2.29. The zero-order valence-electron chi connectivity index (χ0n) is 14.2. The molecule has 0 aromatic heterocycles. The van der Waals surface area contributed by atoms with Crippen LogP contribution < -0.4 is 0 Å². The second kappa shape index (κ2) is 7.88. The number of aliphatic hydroxyl groups is 1. The second-order valence-corrected chi connectivity index (χ2v) is 6.69. The fourth-order valence-corrected chi connectivity index (χ4v) is 3.22. The third-order valence-corrected chi connectivity index (χ3v) is 4.90. The molecule has 5 heteroatoms. The summed E-state index contributed by atoms with van der Waals surface area (Å²) in [6, 6.07) is 6.15. The molecule has 1 N–H and O–H groups in total. The van der Waals surface area contributed by atoms with Crippen LogP contribution in [0.1, 0.15) is 37.8 Å². The van der Waals surface area contributed by atoms with Gasteiger partial charge in [0.2, 0.25) is 5.91 Å². The van der Waals surface area contributed by atoms with Crippen molar-refractivity contribution in [2.75, 3.05) is 27.2 Å². The van der Waals surface area contributed by atoms with Crippen LogP contribution in [0.3, 0.4) is 0 Å². The molecule has 0 spiro atoms. The molecule has 2 rings (SSSR count). The lowest BCUT2D eigenvalue weighted by atomic mass is 10.1. The average Bonchev–Trinajstić information content (AvgIpc) is 2.91. The highest BCUT2D eigenvalue weighted by molar-refractivity contribution is 5.78. The molecular weight excluding hydrogens is 295 g/mol. The van der Waals surface area contributed by atoms with Gasteiger partial charge in [-0.1, -0.05) is 18.6 Å². The van der Waals surface area contributed by atoms with Crippen molar-refractivity contribution in [3.63, 3.8) is 0 Å². The standard InChI is InChI=1S/C18H27FN2O2/c1-13(14-7-9-16(19)10-8-14)21(3)18(23)12-20(2)11-15-5-4-6-17(15)22/h7-10,13,15,17,22H,4-6,11-12H2,1-3H3. The van der Waals surface area contributed by atoms with Crippen LogP contribution in [-0.4, -0.2) is 54.1 Å². The van der Waals surface area contributed by atoms with E-state index in [2.05, 4.69) is 0 Å². The smallest absolute Gasteiger partial charge is 0.236 e. The van der Waals surface area contributed by atoms with Crippen molar-refractivity contribution in [2.24, 2.45) is 5.92 Å². The van der Waals surface area contributed by atoms with Crippen molar-refractivity contribution in [3.05, 3.63) is 35.6 Å². The molecular formula is C18H27FN2O2. The van der Waals surface area contributed by atoms with Crippen molar-refractivity contribution >= 4 is 5.91 Å². The maximum atomic E-state index is 13.0. The van der Waals surface area contributed by atoms with Crippen LogP contribution >= 0.6 is 0 Å². The number of hydrogen-bond acceptors (Lipinski definition) is 3. The average molecular weight is 322 g/mol. The Morgan fingerprint density at radius 3 is 2.52 bits per heavy atom. The molecule has 0 bridgehead atoms. The Labute approximate surface area is 137 Å². The molecule has 0 saturated heterocycles. The summed E-state index contributed by atoms with van der Waals surface area (Å²) in [5.74, 6) is 0.0224. The minimum Gasteiger partial charge on any atom is -0.393 e. The van der Waals surface area contributed by atoms with E-state index in [0.717, 1.165) is 31.4 Å². The van der Waals surface area contributed by atoms with Crippen molar-refractivity contribution < 1.29 is 14.3 Å². The molecule has 1 amide bonds. The molecule has 1 aromatic rings. The fourth-order valence-electron chi connectivity index (χ4n) is 3.22. The Hall–Kier alpha value is -1.46. The van der Waals surface area contributed by atoms with E-state index in [0.29, 0.717) is 6.54 Å². The quantitative estimate of drug-likeness (QED) is 0.875. The van der Waals surface area contributed by atoms with E-state index < -0.39 is 0 Å². The molecule has 1 aliphatic rings. The normalized spacial score (nSPS) is 22.3. The molecule has 1 aliphatic carbocycles. The maximum Gasteiger partial charge on any atom is 0.236 e. The number of carbonyl (C=O) groups excluding carboxylic acids is 1. The third-order valence-electron chi connectivity index (χ3n) is 4.90. The first-order valence-electron chi connectivity index (χ1n) is 8.26. The topological polar surface area (TPSA) is 43.8 Å². The summed E-state index contributed by atoms with van der Waals surface area (Å²) in [5.41, 5.74) is 0.913. The molecule has 0 heterocycles. The van der Waals surface area contributed by atoms with E-state index in [1.807, 2.05) is 18.9 Å². The van der Waals surface area contributed by atoms with Crippen molar-refractivity contribution in [1.29, 1.82) is 0 Å². The van der Waals surface area contributed by atoms with Crippen LogP contribution in [0, 0.1) is 11.7 Å². The van der Waals surface area contributed by atoms with E-state index in [-0.39, 0.29) is 29.8 Å². The molecule has 23 heavy (non-hydrogen) atoms. The van der Waals surface area contributed by atoms with Gasteiger partial charge in [-0.3, -0.25) is 9.69 Å². The van der Waals surface area contributed by atoms with E-state index in [4.69, 9.17) is 0 Å². The largest absolute Gasteiger partial charge is 0.393 e. The first-order valence-corrected chi connectivity index (χ1v) is 8.26. The number of likely N-dealkylation sites (N-methyl/N-ethyl adjacent to an activating group) is 2. The van der Waals surface area contributed by atoms with Gasteiger partial charge in [-0.15, -0.1) is 0 Å². The molecule has 1 fully saturated rings. The predicted molar refractivity (Wildman–Crippen MR) is 88.4 cm³/mol. The number of carbonyl (C=O) groups is 1. The predicted octanol–water partition coefficient (Wildman–Crippen LogP) is 2.44. The van der Waals surface area contributed by atoms with Crippen molar-refractivity contribution in [2.45, 2.75) is 38.3 Å². The summed E-state index contributed by atoms with van der Waals surface area (Å²) in [6.07, 6.45) is 2.73. The highest BCUT2D eigenvalue weighted by Crippen LogP contribution is 2.26. The summed E-state index contributed by atoms with van der Waals surface area (Å²) in [5, 5.41) is 9.89. The summed E-state index contributed by atoms with van der Waals surface area (Å²) in [6.45, 7) is 3.00. The number of rotatable bonds is 6. The Balaban J connectivity index is 1.87. The van der Waals surface area contributed by atoms with Gasteiger partial charge in [0, 0.05) is 13.6 Å². The summed E-state index contributed by atoms with van der Waals surface area (Å²) < 4.78 is 13.0. The van der Waals surface area contributed by atoms with Gasteiger partial charge in [0.1, 0.15) is 5.82 Å². The molecule has 0 aliphatic heterocycles.